The first-order valence-electron chi connectivity index (χ1n) is 9.21. The van der Waals surface area contributed by atoms with E-state index in [2.05, 4.69) is 23.6 Å². The minimum Gasteiger partial charge on any atom is -0.348 e. The van der Waals surface area contributed by atoms with Crippen molar-refractivity contribution in [1.29, 1.82) is 0 Å². The molecule has 0 spiro atoms. The summed E-state index contributed by atoms with van der Waals surface area (Å²) in [6.45, 7) is 7.24. The normalized spacial score (nSPS) is 23.6. The maximum absolute atomic E-state index is 13.2. The Labute approximate surface area is 154 Å². The average Bonchev–Trinajstić information content (AvgIpc) is 2.74. The number of carbonyl (C=O) groups is 2. The molecule has 0 radical (unpaired) electrons. The molecule has 3 aliphatic heterocycles. The van der Waals surface area contributed by atoms with Gasteiger partial charge in [0.15, 0.2) is 0 Å². The van der Waals surface area contributed by atoms with Crippen LogP contribution in [-0.4, -0.2) is 72.8 Å². The number of amides is 2. The number of thiophene rings is 1. The van der Waals surface area contributed by atoms with Crippen molar-refractivity contribution in [2.45, 2.75) is 39.2 Å². The van der Waals surface area contributed by atoms with Gasteiger partial charge < -0.3 is 9.80 Å². The molecule has 2 bridgehead atoms. The SMILES string of the molecule is CCc1c(C(=O)N2C[C@@H]3CC[C@H]2CN(CC(=O)N(C)C)C3)csc1C. The zero-order chi connectivity index (χ0) is 18.1. The van der Waals surface area contributed by atoms with E-state index < -0.39 is 0 Å². The molecule has 3 aliphatic rings. The molecule has 2 atom stereocenters. The molecule has 5 nitrogen and oxygen atoms in total. The number of aryl methyl sites for hydroxylation is 1. The van der Waals surface area contributed by atoms with Gasteiger partial charge in [0.1, 0.15) is 0 Å². The van der Waals surface area contributed by atoms with Crippen LogP contribution in [-0.2, 0) is 11.2 Å². The number of hydrogen-bond donors (Lipinski definition) is 0. The van der Waals surface area contributed by atoms with Gasteiger partial charge in [-0.05, 0) is 37.7 Å². The van der Waals surface area contributed by atoms with E-state index >= 15 is 0 Å². The van der Waals surface area contributed by atoms with Crippen molar-refractivity contribution in [2.75, 3.05) is 40.3 Å². The molecule has 4 rings (SSSR count). The first-order chi connectivity index (χ1) is 11.9. The highest BCUT2D eigenvalue weighted by Crippen LogP contribution is 2.31. The van der Waals surface area contributed by atoms with Crippen molar-refractivity contribution < 1.29 is 9.59 Å². The van der Waals surface area contributed by atoms with Crippen molar-refractivity contribution in [2.24, 2.45) is 5.92 Å². The summed E-state index contributed by atoms with van der Waals surface area (Å²) >= 11 is 1.68. The predicted octanol–water partition coefficient (Wildman–Crippen LogP) is 2.24. The van der Waals surface area contributed by atoms with Crippen molar-refractivity contribution in [3.8, 4) is 0 Å². The van der Waals surface area contributed by atoms with Crippen LogP contribution in [0.25, 0.3) is 0 Å². The van der Waals surface area contributed by atoms with Crippen LogP contribution in [0.2, 0.25) is 0 Å². The quantitative estimate of drug-likeness (QED) is 0.824. The fraction of sp³-hybridized carbons (Fsp3) is 0.684. The lowest BCUT2D eigenvalue weighted by Crippen LogP contribution is -2.48. The van der Waals surface area contributed by atoms with E-state index in [1.54, 1.807) is 30.3 Å². The molecule has 0 aromatic carbocycles. The van der Waals surface area contributed by atoms with Gasteiger partial charge in [-0.2, -0.15) is 0 Å². The standard InChI is InChI=1S/C19H29N3O2S/c1-5-16-13(2)25-12-17(16)19(24)22-9-14-6-7-15(22)10-21(8-14)11-18(23)20(3)4/h12,14-15H,5-11H2,1-4H3/t14-,15+/m1/s1. The van der Waals surface area contributed by atoms with Gasteiger partial charge in [0, 0.05) is 50.0 Å². The van der Waals surface area contributed by atoms with Crippen LogP contribution in [0.1, 0.15) is 40.6 Å². The van der Waals surface area contributed by atoms with Crippen LogP contribution in [0.3, 0.4) is 0 Å². The second kappa shape index (κ2) is 7.46. The third kappa shape index (κ3) is 3.75. The minimum absolute atomic E-state index is 0.140. The van der Waals surface area contributed by atoms with Crippen LogP contribution in [0.5, 0.6) is 0 Å². The number of likely N-dealkylation sites (N-methyl/N-ethyl adjacent to an activating group) is 1. The first kappa shape index (κ1) is 18.4. The Kier molecular flexibility index (Phi) is 5.49. The van der Waals surface area contributed by atoms with E-state index in [0.29, 0.717) is 12.5 Å². The number of nitrogens with zero attached hydrogens (tertiary/aromatic N) is 3. The summed E-state index contributed by atoms with van der Waals surface area (Å²) in [6, 6.07) is 0.228. The zero-order valence-electron chi connectivity index (χ0n) is 15.7. The molecular weight excluding hydrogens is 334 g/mol. The Morgan fingerprint density at radius 3 is 2.68 bits per heavy atom. The van der Waals surface area contributed by atoms with Crippen molar-refractivity contribution in [3.63, 3.8) is 0 Å². The molecule has 0 N–H and O–H groups in total. The number of hydrogen-bond acceptors (Lipinski definition) is 4. The summed E-state index contributed by atoms with van der Waals surface area (Å²) in [6.07, 6.45) is 3.11. The summed E-state index contributed by atoms with van der Waals surface area (Å²) in [5.74, 6) is 0.806. The highest BCUT2D eigenvalue weighted by Gasteiger charge is 2.38. The summed E-state index contributed by atoms with van der Waals surface area (Å²) < 4.78 is 0. The maximum Gasteiger partial charge on any atom is 0.255 e. The van der Waals surface area contributed by atoms with E-state index in [1.165, 1.54) is 10.4 Å². The van der Waals surface area contributed by atoms with Crippen LogP contribution < -0.4 is 0 Å². The van der Waals surface area contributed by atoms with Gasteiger partial charge in [0.2, 0.25) is 5.91 Å². The molecule has 4 heterocycles. The molecule has 0 saturated carbocycles. The third-order valence-corrected chi connectivity index (χ3v) is 6.55. The van der Waals surface area contributed by atoms with E-state index in [1.807, 2.05) is 5.38 Å². The molecule has 3 fully saturated rings. The topological polar surface area (TPSA) is 43.9 Å². The average molecular weight is 364 g/mol. The molecule has 138 valence electrons. The highest BCUT2D eigenvalue weighted by molar-refractivity contribution is 7.10. The van der Waals surface area contributed by atoms with Crippen LogP contribution in [0, 0.1) is 12.8 Å². The molecule has 1 aromatic heterocycles. The largest absolute Gasteiger partial charge is 0.348 e. The molecule has 1 aromatic rings. The second-order valence-electron chi connectivity index (χ2n) is 7.57. The van der Waals surface area contributed by atoms with Gasteiger partial charge in [-0.25, -0.2) is 0 Å². The van der Waals surface area contributed by atoms with E-state index in [-0.39, 0.29) is 17.9 Å². The fourth-order valence-electron chi connectivity index (χ4n) is 4.14. The van der Waals surface area contributed by atoms with Crippen LogP contribution >= 0.6 is 11.3 Å². The maximum atomic E-state index is 13.2. The summed E-state index contributed by atoms with van der Waals surface area (Å²) in [5, 5.41) is 2.03. The van der Waals surface area contributed by atoms with Gasteiger partial charge in [-0.15, -0.1) is 11.3 Å². The van der Waals surface area contributed by atoms with E-state index in [0.717, 1.165) is 44.5 Å². The van der Waals surface area contributed by atoms with Gasteiger partial charge in [-0.3, -0.25) is 14.5 Å². The molecule has 3 saturated heterocycles. The van der Waals surface area contributed by atoms with Crippen molar-refractivity contribution >= 4 is 23.2 Å². The lowest BCUT2D eigenvalue weighted by atomic mass is 9.94. The summed E-state index contributed by atoms with van der Waals surface area (Å²) in [4.78, 5) is 32.5. The molecule has 25 heavy (non-hydrogen) atoms. The van der Waals surface area contributed by atoms with Crippen LogP contribution in [0.15, 0.2) is 5.38 Å². The number of rotatable bonds is 4. The van der Waals surface area contributed by atoms with Gasteiger partial charge >= 0.3 is 0 Å². The molecule has 6 heteroatoms. The van der Waals surface area contributed by atoms with Crippen molar-refractivity contribution in [1.82, 2.24) is 14.7 Å². The van der Waals surface area contributed by atoms with E-state index in [4.69, 9.17) is 0 Å². The predicted molar refractivity (Wildman–Crippen MR) is 101 cm³/mol. The molecule has 2 amide bonds. The Balaban J connectivity index is 1.76. The zero-order valence-corrected chi connectivity index (χ0v) is 16.6. The van der Waals surface area contributed by atoms with Gasteiger partial charge in [0.25, 0.3) is 5.91 Å². The summed E-state index contributed by atoms with van der Waals surface area (Å²) in [7, 11) is 3.60. The lowest BCUT2D eigenvalue weighted by Gasteiger charge is -2.36. The minimum atomic E-state index is 0.140. The second-order valence-corrected chi connectivity index (χ2v) is 8.66. The first-order valence-corrected chi connectivity index (χ1v) is 10.1. The molecular formula is C19H29N3O2S. The van der Waals surface area contributed by atoms with E-state index in [9.17, 15) is 9.59 Å². The number of piperidine rings is 1. The Bertz CT molecular complexity index is 655. The third-order valence-electron chi connectivity index (χ3n) is 5.60. The number of carbonyl (C=O) groups excluding carboxylic acids is 2. The summed E-state index contributed by atoms with van der Waals surface area (Å²) in [5.41, 5.74) is 2.10. The number of fused-ring (bicyclic) bond motifs is 4. The monoisotopic (exact) mass is 363 g/mol. The van der Waals surface area contributed by atoms with Crippen molar-refractivity contribution in [3.05, 3.63) is 21.4 Å². The highest BCUT2D eigenvalue weighted by atomic mass is 32.1. The van der Waals surface area contributed by atoms with Gasteiger partial charge in [0.05, 0.1) is 12.1 Å². The molecule has 0 unspecified atom stereocenters. The Hall–Kier alpha value is -1.40. The Morgan fingerprint density at radius 2 is 2.00 bits per heavy atom. The lowest BCUT2D eigenvalue weighted by molar-refractivity contribution is -0.129. The fourth-order valence-corrected chi connectivity index (χ4v) is 5.08. The van der Waals surface area contributed by atoms with Gasteiger partial charge in [-0.1, -0.05) is 6.92 Å². The molecule has 0 aliphatic carbocycles. The Morgan fingerprint density at radius 1 is 1.24 bits per heavy atom. The smallest absolute Gasteiger partial charge is 0.255 e. The van der Waals surface area contributed by atoms with Crippen LogP contribution in [0.4, 0.5) is 0 Å².